The van der Waals surface area contributed by atoms with Crippen molar-refractivity contribution in [3.05, 3.63) is 64.1 Å². The molecule has 2 amide bonds. The number of benzene rings is 2. The normalized spacial score (nSPS) is 12.2. The molecular formula is C23H30BrN3O4S. The van der Waals surface area contributed by atoms with Crippen molar-refractivity contribution in [3.63, 3.8) is 0 Å². The number of rotatable bonds is 10. The van der Waals surface area contributed by atoms with Crippen molar-refractivity contribution in [1.29, 1.82) is 0 Å². The van der Waals surface area contributed by atoms with E-state index in [1.807, 2.05) is 51.1 Å². The van der Waals surface area contributed by atoms with E-state index < -0.39 is 28.5 Å². The van der Waals surface area contributed by atoms with Crippen LogP contribution in [0.4, 0.5) is 5.69 Å². The number of nitrogens with one attached hydrogen (secondary N) is 1. The number of sulfonamides is 1. The van der Waals surface area contributed by atoms with Gasteiger partial charge in [-0.2, -0.15) is 0 Å². The second kappa shape index (κ2) is 11.5. The first-order valence-corrected chi connectivity index (χ1v) is 13.1. The van der Waals surface area contributed by atoms with E-state index in [-0.39, 0.29) is 12.5 Å². The van der Waals surface area contributed by atoms with Gasteiger partial charge >= 0.3 is 0 Å². The molecule has 0 radical (unpaired) electrons. The Bertz CT molecular complexity index is 1040. The quantitative estimate of drug-likeness (QED) is 0.516. The number of hydrogen-bond donors (Lipinski definition) is 1. The van der Waals surface area contributed by atoms with Gasteiger partial charge in [0.2, 0.25) is 21.8 Å². The van der Waals surface area contributed by atoms with Crippen molar-refractivity contribution in [3.8, 4) is 0 Å². The average molecular weight is 524 g/mol. The fourth-order valence-electron chi connectivity index (χ4n) is 3.39. The number of likely N-dealkylation sites (N-methyl/N-ethyl adjacent to an activating group) is 1. The van der Waals surface area contributed by atoms with E-state index in [2.05, 4.69) is 21.2 Å². The van der Waals surface area contributed by atoms with Gasteiger partial charge in [-0.05, 0) is 49.6 Å². The molecule has 9 heteroatoms. The monoisotopic (exact) mass is 523 g/mol. The van der Waals surface area contributed by atoms with Crippen molar-refractivity contribution >= 4 is 43.5 Å². The molecule has 0 fully saturated rings. The third kappa shape index (κ3) is 6.80. The minimum absolute atomic E-state index is 0.201. The van der Waals surface area contributed by atoms with E-state index in [0.717, 1.165) is 26.2 Å². The van der Waals surface area contributed by atoms with Gasteiger partial charge in [-0.1, -0.05) is 53.2 Å². The first-order valence-electron chi connectivity index (χ1n) is 10.4. The van der Waals surface area contributed by atoms with E-state index in [0.29, 0.717) is 18.7 Å². The number of hydrogen-bond acceptors (Lipinski definition) is 4. The average Bonchev–Trinajstić information content (AvgIpc) is 2.74. The van der Waals surface area contributed by atoms with Crippen molar-refractivity contribution < 1.29 is 18.0 Å². The molecule has 2 aromatic rings. The smallest absolute Gasteiger partial charge is 0.244 e. The summed E-state index contributed by atoms with van der Waals surface area (Å²) in [5.41, 5.74) is 2.10. The first kappa shape index (κ1) is 25.9. The van der Waals surface area contributed by atoms with Gasteiger partial charge in [0.25, 0.3) is 0 Å². The van der Waals surface area contributed by atoms with Gasteiger partial charge in [0.05, 0.1) is 11.9 Å². The largest absolute Gasteiger partial charge is 0.355 e. The zero-order chi connectivity index (χ0) is 23.9. The minimum Gasteiger partial charge on any atom is -0.355 e. The zero-order valence-corrected chi connectivity index (χ0v) is 21.2. The summed E-state index contributed by atoms with van der Waals surface area (Å²) in [5.74, 6) is -0.706. The third-order valence-corrected chi connectivity index (χ3v) is 7.07. The van der Waals surface area contributed by atoms with Gasteiger partial charge in [-0.25, -0.2) is 8.42 Å². The Balaban J connectivity index is 2.42. The van der Waals surface area contributed by atoms with Crippen LogP contribution in [0.3, 0.4) is 0 Å². The SMILES string of the molecule is CCNC(=O)[C@@H](CC)N(Cc1ccccc1)C(=O)CN(c1ccc(Br)c(C)c1)S(C)(=O)=O. The van der Waals surface area contributed by atoms with Gasteiger partial charge in [-0.15, -0.1) is 0 Å². The number of halogens is 1. The van der Waals surface area contributed by atoms with Crippen LogP contribution in [0.25, 0.3) is 0 Å². The molecule has 0 aliphatic heterocycles. The lowest BCUT2D eigenvalue weighted by molar-refractivity contribution is -0.140. The Morgan fingerprint density at radius 2 is 1.75 bits per heavy atom. The van der Waals surface area contributed by atoms with Crippen LogP contribution in [-0.2, 0) is 26.2 Å². The van der Waals surface area contributed by atoms with E-state index in [1.165, 1.54) is 4.90 Å². The summed E-state index contributed by atoms with van der Waals surface area (Å²) >= 11 is 3.41. The molecule has 0 bridgehead atoms. The lowest BCUT2D eigenvalue weighted by Gasteiger charge is -2.32. The maximum atomic E-state index is 13.5. The maximum absolute atomic E-state index is 13.5. The van der Waals surface area contributed by atoms with Crippen LogP contribution >= 0.6 is 15.9 Å². The summed E-state index contributed by atoms with van der Waals surface area (Å²) in [6.07, 6.45) is 1.47. The lowest BCUT2D eigenvalue weighted by Crippen LogP contribution is -2.52. The molecule has 7 nitrogen and oxygen atoms in total. The van der Waals surface area contributed by atoms with Gasteiger partial charge < -0.3 is 10.2 Å². The van der Waals surface area contributed by atoms with Gasteiger partial charge in [0, 0.05) is 17.6 Å². The summed E-state index contributed by atoms with van der Waals surface area (Å²) < 4.78 is 27.1. The van der Waals surface area contributed by atoms with Gasteiger partial charge in [0.1, 0.15) is 12.6 Å². The first-order chi connectivity index (χ1) is 15.1. The molecule has 2 rings (SSSR count). The number of aryl methyl sites for hydroxylation is 1. The Kier molecular flexibility index (Phi) is 9.27. The number of carbonyl (C=O) groups excluding carboxylic acids is 2. The van der Waals surface area contributed by atoms with Gasteiger partial charge in [-0.3, -0.25) is 13.9 Å². The van der Waals surface area contributed by atoms with Crippen LogP contribution in [0.2, 0.25) is 0 Å². The zero-order valence-electron chi connectivity index (χ0n) is 18.8. The number of carbonyl (C=O) groups is 2. The molecule has 174 valence electrons. The van der Waals surface area contributed by atoms with Crippen molar-refractivity contribution in [2.45, 2.75) is 39.8 Å². The van der Waals surface area contributed by atoms with E-state index >= 15 is 0 Å². The second-order valence-corrected chi connectivity index (χ2v) is 10.3. The maximum Gasteiger partial charge on any atom is 0.244 e. The van der Waals surface area contributed by atoms with Crippen LogP contribution in [0.15, 0.2) is 53.0 Å². The lowest BCUT2D eigenvalue weighted by atomic mass is 10.1. The summed E-state index contributed by atoms with van der Waals surface area (Å²) in [7, 11) is -3.74. The molecule has 0 unspecified atom stereocenters. The van der Waals surface area contributed by atoms with Crippen molar-refractivity contribution in [1.82, 2.24) is 10.2 Å². The Morgan fingerprint density at radius 3 is 2.28 bits per heavy atom. The Hall–Kier alpha value is -2.39. The molecule has 1 N–H and O–H groups in total. The molecule has 0 aromatic heterocycles. The van der Waals surface area contributed by atoms with Gasteiger partial charge in [0.15, 0.2) is 0 Å². The fraction of sp³-hybridized carbons (Fsp3) is 0.391. The van der Waals surface area contributed by atoms with Crippen molar-refractivity contribution in [2.75, 3.05) is 23.7 Å². The second-order valence-electron chi connectivity index (χ2n) is 7.53. The molecule has 0 spiro atoms. The topological polar surface area (TPSA) is 86.8 Å². The highest BCUT2D eigenvalue weighted by Crippen LogP contribution is 2.25. The highest BCUT2D eigenvalue weighted by Gasteiger charge is 2.31. The van der Waals surface area contributed by atoms with E-state index in [9.17, 15) is 18.0 Å². The molecule has 0 saturated heterocycles. The molecule has 2 aromatic carbocycles. The third-order valence-electron chi connectivity index (χ3n) is 5.04. The fourth-order valence-corrected chi connectivity index (χ4v) is 4.48. The molecular weight excluding hydrogens is 494 g/mol. The molecule has 0 aliphatic rings. The molecule has 0 saturated carbocycles. The molecule has 1 atom stereocenters. The summed E-state index contributed by atoms with van der Waals surface area (Å²) in [6.45, 7) is 5.73. The van der Waals surface area contributed by atoms with Crippen LogP contribution in [0.1, 0.15) is 31.4 Å². The standard InChI is InChI=1S/C23H30BrN3O4S/c1-5-21(23(29)25-6-2)26(15-18-10-8-7-9-11-18)22(28)16-27(32(4,30)31)19-12-13-20(24)17(3)14-19/h7-14,21H,5-6,15-16H2,1-4H3,(H,25,29)/t21-/m1/s1. The van der Waals surface area contributed by atoms with Crippen LogP contribution < -0.4 is 9.62 Å². The molecule has 32 heavy (non-hydrogen) atoms. The van der Waals surface area contributed by atoms with Crippen LogP contribution in [0.5, 0.6) is 0 Å². The van der Waals surface area contributed by atoms with Crippen LogP contribution in [-0.4, -0.2) is 50.5 Å². The van der Waals surface area contributed by atoms with E-state index in [1.54, 1.807) is 18.2 Å². The summed E-state index contributed by atoms with van der Waals surface area (Å²) in [5, 5.41) is 2.78. The summed E-state index contributed by atoms with van der Waals surface area (Å²) in [4.78, 5) is 27.6. The predicted molar refractivity (Wildman–Crippen MR) is 131 cm³/mol. The molecule has 0 heterocycles. The Morgan fingerprint density at radius 1 is 1.09 bits per heavy atom. The minimum atomic E-state index is -3.74. The van der Waals surface area contributed by atoms with Crippen LogP contribution in [0, 0.1) is 6.92 Å². The highest BCUT2D eigenvalue weighted by atomic mass is 79.9. The molecule has 0 aliphatic carbocycles. The van der Waals surface area contributed by atoms with Crippen molar-refractivity contribution in [2.24, 2.45) is 0 Å². The van der Waals surface area contributed by atoms with E-state index in [4.69, 9.17) is 0 Å². The summed E-state index contributed by atoms with van der Waals surface area (Å²) in [6, 6.07) is 13.7. The number of nitrogens with zero attached hydrogens (tertiary/aromatic N) is 2. The highest BCUT2D eigenvalue weighted by molar-refractivity contribution is 9.10. The Labute approximate surface area is 199 Å². The predicted octanol–water partition coefficient (Wildman–Crippen LogP) is 3.47. The number of anilines is 1. The number of amides is 2.